The maximum Gasteiger partial charge on any atom is 0.254 e. The van der Waals surface area contributed by atoms with Crippen LogP contribution in [-0.4, -0.2) is 27.3 Å². The average molecular weight is 312 g/mol. The summed E-state index contributed by atoms with van der Waals surface area (Å²) < 4.78 is 14.9. The first-order valence-electron chi connectivity index (χ1n) is 6.45. The van der Waals surface area contributed by atoms with E-state index in [-0.39, 0.29) is 17.5 Å². The number of carbonyl (C=O) groups is 1. The van der Waals surface area contributed by atoms with Crippen LogP contribution in [0.4, 0.5) is 4.39 Å². The number of hydrogen-bond acceptors (Lipinski definition) is 3. The quantitative estimate of drug-likeness (QED) is 0.889. The van der Waals surface area contributed by atoms with E-state index < -0.39 is 11.9 Å². The van der Waals surface area contributed by atoms with Crippen molar-refractivity contribution >= 4 is 17.5 Å². The Hall–Kier alpha value is -1.92. The molecule has 0 radical (unpaired) electrons. The van der Waals surface area contributed by atoms with E-state index in [0.717, 1.165) is 6.07 Å². The highest BCUT2D eigenvalue weighted by Gasteiger charge is 2.13. The number of rotatable bonds is 5. The van der Waals surface area contributed by atoms with Gasteiger partial charge in [-0.1, -0.05) is 17.7 Å². The summed E-state index contributed by atoms with van der Waals surface area (Å²) in [5, 5.41) is 16.5. The largest absolute Gasteiger partial charge is 0.387 e. The second-order valence-electron chi connectivity index (χ2n) is 4.48. The van der Waals surface area contributed by atoms with Crippen LogP contribution in [-0.2, 0) is 6.54 Å². The maximum atomic E-state index is 13.3. The molecule has 2 rings (SSSR count). The zero-order chi connectivity index (χ0) is 15.4. The van der Waals surface area contributed by atoms with Gasteiger partial charge in [0, 0.05) is 19.3 Å². The van der Waals surface area contributed by atoms with Crippen molar-refractivity contribution in [2.75, 3.05) is 6.54 Å². The van der Waals surface area contributed by atoms with E-state index in [2.05, 4.69) is 10.4 Å². The smallest absolute Gasteiger partial charge is 0.254 e. The van der Waals surface area contributed by atoms with E-state index in [1.807, 2.05) is 6.92 Å². The molecule has 1 aromatic heterocycles. The molecule has 1 amide bonds. The number of hydrogen-bond donors (Lipinski definition) is 2. The molecule has 0 bridgehead atoms. The monoisotopic (exact) mass is 311 g/mol. The van der Waals surface area contributed by atoms with E-state index >= 15 is 0 Å². The van der Waals surface area contributed by atoms with Crippen molar-refractivity contribution < 1.29 is 14.3 Å². The SMILES string of the molecule is CCn1cc(C(=O)NC[C@@H](O)c2ccc(Cl)c(F)c2)cn1. The molecule has 1 atom stereocenters. The van der Waals surface area contributed by atoms with Crippen molar-refractivity contribution in [1.29, 1.82) is 0 Å². The molecule has 0 spiro atoms. The summed E-state index contributed by atoms with van der Waals surface area (Å²) in [6.45, 7) is 2.55. The van der Waals surface area contributed by atoms with Gasteiger partial charge < -0.3 is 10.4 Å². The Morgan fingerprint density at radius 2 is 2.33 bits per heavy atom. The van der Waals surface area contributed by atoms with Gasteiger partial charge in [0.1, 0.15) is 5.82 Å². The first-order valence-corrected chi connectivity index (χ1v) is 6.82. The lowest BCUT2D eigenvalue weighted by atomic mass is 10.1. The summed E-state index contributed by atoms with van der Waals surface area (Å²) in [4.78, 5) is 11.9. The van der Waals surface area contributed by atoms with Gasteiger partial charge in [-0.15, -0.1) is 0 Å². The molecule has 112 valence electrons. The summed E-state index contributed by atoms with van der Waals surface area (Å²) in [6.07, 6.45) is 2.05. The van der Waals surface area contributed by atoms with E-state index in [0.29, 0.717) is 17.7 Å². The molecular weight excluding hydrogens is 297 g/mol. The number of carbonyl (C=O) groups excluding carboxylic acids is 1. The number of aliphatic hydroxyl groups excluding tert-OH is 1. The molecule has 21 heavy (non-hydrogen) atoms. The van der Waals surface area contributed by atoms with Crippen molar-refractivity contribution in [2.45, 2.75) is 19.6 Å². The van der Waals surface area contributed by atoms with E-state index in [9.17, 15) is 14.3 Å². The Morgan fingerprint density at radius 3 is 2.95 bits per heavy atom. The lowest BCUT2D eigenvalue weighted by Crippen LogP contribution is -2.28. The highest BCUT2D eigenvalue weighted by molar-refractivity contribution is 6.30. The standard InChI is InChI=1S/C14H15ClFN3O2/c1-2-19-8-10(6-18-19)14(21)17-7-13(20)9-3-4-11(15)12(16)5-9/h3-6,8,13,20H,2,7H2,1H3,(H,17,21)/t13-/m1/s1. The fourth-order valence-corrected chi connectivity index (χ4v) is 1.90. The minimum Gasteiger partial charge on any atom is -0.387 e. The van der Waals surface area contributed by atoms with Gasteiger partial charge in [0.2, 0.25) is 0 Å². The van der Waals surface area contributed by atoms with Crippen molar-refractivity contribution in [3.63, 3.8) is 0 Å². The van der Waals surface area contributed by atoms with Crippen LogP contribution in [0, 0.1) is 5.82 Å². The Kier molecular flexibility index (Phi) is 4.93. The number of aryl methyl sites for hydroxylation is 1. The topological polar surface area (TPSA) is 67.2 Å². The first kappa shape index (κ1) is 15.5. The molecule has 1 aromatic carbocycles. The number of nitrogens with one attached hydrogen (secondary N) is 1. The third-order valence-electron chi connectivity index (χ3n) is 3.00. The van der Waals surface area contributed by atoms with E-state index in [1.54, 1.807) is 10.9 Å². The van der Waals surface area contributed by atoms with E-state index in [4.69, 9.17) is 11.6 Å². The van der Waals surface area contributed by atoms with Crippen LogP contribution in [0.2, 0.25) is 5.02 Å². The molecule has 0 saturated carbocycles. The third kappa shape index (κ3) is 3.80. The molecule has 0 unspecified atom stereocenters. The number of amides is 1. The van der Waals surface area contributed by atoms with Gasteiger partial charge in [-0.3, -0.25) is 9.48 Å². The molecule has 0 saturated heterocycles. The molecular formula is C14H15ClFN3O2. The molecule has 2 aromatic rings. The minimum absolute atomic E-state index is 0.0121. The summed E-state index contributed by atoms with van der Waals surface area (Å²) in [5.41, 5.74) is 0.757. The minimum atomic E-state index is -1.01. The molecule has 1 heterocycles. The number of nitrogens with zero attached hydrogens (tertiary/aromatic N) is 2. The fraction of sp³-hybridized carbons (Fsp3) is 0.286. The van der Waals surface area contributed by atoms with Gasteiger partial charge in [-0.2, -0.15) is 5.10 Å². The number of aromatic nitrogens is 2. The van der Waals surface area contributed by atoms with Crippen LogP contribution in [0.25, 0.3) is 0 Å². The zero-order valence-corrected chi connectivity index (χ0v) is 12.1. The van der Waals surface area contributed by atoms with Crippen LogP contribution in [0.5, 0.6) is 0 Å². The first-order chi connectivity index (χ1) is 10.0. The molecule has 7 heteroatoms. The summed E-state index contributed by atoms with van der Waals surface area (Å²) in [5.74, 6) is -0.952. The average Bonchev–Trinajstić information content (AvgIpc) is 2.96. The van der Waals surface area contributed by atoms with Crippen LogP contribution < -0.4 is 5.32 Å². The lowest BCUT2D eigenvalue weighted by molar-refractivity contribution is 0.0916. The molecule has 5 nitrogen and oxygen atoms in total. The van der Waals surface area contributed by atoms with Crippen LogP contribution in [0.15, 0.2) is 30.6 Å². The van der Waals surface area contributed by atoms with Gasteiger partial charge in [0.15, 0.2) is 0 Å². The van der Waals surface area contributed by atoms with E-state index in [1.165, 1.54) is 18.3 Å². The Balaban J connectivity index is 1.95. The van der Waals surface area contributed by atoms with Crippen LogP contribution in [0.3, 0.4) is 0 Å². The van der Waals surface area contributed by atoms with Gasteiger partial charge >= 0.3 is 0 Å². The maximum absolute atomic E-state index is 13.3. The molecule has 0 aliphatic carbocycles. The highest BCUT2D eigenvalue weighted by atomic mass is 35.5. The second-order valence-corrected chi connectivity index (χ2v) is 4.89. The number of aliphatic hydroxyl groups is 1. The Labute approximate surface area is 126 Å². The molecule has 0 fully saturated rings. The van der Waals surface area contributed by atoms with Crippen LogP contribution in [0.1, 0.15) is 28.9 Å². The molecule has 0 aliphatic heterocycles. The Bertz CT molecular complexity index is 645. The Morgan fingerprint density at radius 1 is 1.57 bits per heavy atom. The van der Waals surface area contributed by atoms with Crippen LogP contribution >= 0.6 is 11.6 Å². The second kappa shape index (κ2) is 6.69. The van der Waals surface area contributed by atoms with Gasteiger partial charge in [-0.05, 0) is 24.6 Å². The lowest BCUT2D eigenvalue weighted by Gasteiger charge is -2.12. The number of benzene rings is 1. The summed E-state index contributed by atoms with van der Waals surface area (Å²) in [7, 11) is 0. The molecule has 0 aliphatic rings. The fourth-order valence-electron chi connectivity index (χ4n) is 1.78. The zero-order valence-electron chi connectivity index (χ0n) is 11.4. The van der Waals surface area contributed by atoms with Gasteiger partial charge in [-0.25, -0.2) is 4.39 Å². The van der Waals surface area contributed by atoms with Crippen molar-refractivity contribution in [2.24, 2.45) is 0 Å². The predicted octanol–water partition coefficient (Wildman–Crippen LogP) is 2.16. The summed E-state index contributed by atoms with van der Waals surface area (Å²) in [6, 6.07) is 4.02. The third-order valence-corrected chi connectivity index (χ3v) is 3.31. The number of halogens is 2. The van der Waals surface area contributed by atoms with Crippen molar-refractivity contribution in [3.05, 3.63) is 52.6 Å². The summed E-state index contributed by atoms with van der Waals surface area (Å²) >= 11 is 5.57. The van der Waals surface area contributed by atoms with Crippen molar-refractivity contribution in [1.82, 2.24) is 15.1 Å². The normalized spacial score (nSPS) is 12.2. The van der Waals surface area contributed by atoms with Gasteiger partial charge in [0.05, 0.1) is 22.9 Å². The highest BCUT2D eigenvalue weighted by Crippen LogP contribution is 2.19. The van der Waals surface area contributed by atoms with Gasteiger partial charge in [0.25, 0.3) is 5.91 Å². The van der Waals surface area contributed by atoms with Crippen molar-refractivity contribution in [3.8, 4) is 0 Å². The predicted molar refractivity (Wildman–Crippen MR) is 76.6 cm³/mol. The molecule has 2 N–H and O–H groups in total.